The molecule has 0 saturated heterocycles. The average Bonchev–Trinajstić information content (AvgIpc) is 3.06. The van der Waals surface area contributed by atoms with Crippen molar-refractivity contribution in [3.05, 3.63) is 48.0 Å². The lowest BCUT2D eigenvalue weighted by Gasteiger charge is -2.23. The SMILES string of the molecule is CC1Cc2ccccc2N1C(=O)Nc1ccc2c(c1)nnn2C. The molecule has 0 bridgehead atoms. The summed E-state index contributed by atoms with van der Waals surface area (Å²) in [6.45, 7) is 2.06. The van der Waals surface area contributed by atoms with Gasteiger partial charge in [0.15, 0.2) is 0 Å². The minimum atomic E-state index is -0.120. The Hall–Kier alpha value is -2.89. The van der Waals surface area contributed by atoms with E-state index in [1.165, 1.54) is 5.56 Å². The van der Waals surface area contributed by atoms with Crippen molar-refractivity contribution in [2.24, 2.45) is 7.05 Å². The van der Waals surface area contributed by atoms with E-state index in [0.29, 0.717) is 0 Å². The fourth-order valence-corrected chi connectivity index (χ4v) is 3.18. The molecule has 0 radical (unpaired) electrons. The van der Waals surface area contributed by atoms with E-state index in [4.69, 9.17) is 0 Å². The molecule has 1 unspecified atom stereocenters. The van der Waals surface area contributed by atoms with Crippen LogP contribution in [0.15, 0.2) is 42.5 Å². The van der Waals surface area contributed by atoms with Crippen LogP contribution in [-0.2, 0) is 13.5 Å². The number of anilines is 2. The third-order valence-corrected chi connectivity index (χ3v) is 4.29. The molecule has 2 amide bonds. The predicted octanol–water partition coefficient (Wildman–Crippen LogP) is 2.95. The van der Waals surface area contributed by atoms with Crippen LogP contribution in [0, 0.1) is 0 Å². The highest BCUT2D eigenvalue weighted by Crippen LogP contribution is 2.32. The number of nitrogens with zero attached hydrogens (tertiary/aromatic N) is 4. The van der Waals surface area contributed by atoms with Gasteiger partial charge in [-0.05, 0) is 43.2 Å². The third-order valence-electron chi connectivity index (χ3n) is 4.29. The summed E-state index contributed by atoms with van der Waals surface area (Å²) in [4.78, 5) is 14.5. The number of carbonyl (C=O) groups is 1. The first-order chi connectivity index (χ1) is 11.1. The lowest BCUT2D eigenvalue weighted by molar-refractivity contribution is 0.256. The molecule has 3 aromatic rings. The van der Waals surface area contributed by atoms with Crippen LogP contribution in [0.25, 0.3) is 11.0 Å². The van der Waals surface area contributed by atoms with Gasteiger partial charge in [0.1, 0.15) is 5.52 Å². The summed E-state index contributed by atoms with van der Waals surface area (Å²) in [5, 5.41) is 11.0. The van der Waals surface area contributed by atoms with Gasteiger partial charge in [-0.25, -0.2) is 9.48 Å². The minimum absolute atomic E-state index is 0.120. The maximum absolute atomic E-state index is 12.7. The van der Waals surface area contributed by atoms with Crippen LogP contribution in [0.2, 0.25) is 0 Å². The highest BCUT2D eigenvalue weighted by atomic mass is 16.2. The van der Waals surface area contributed by atoms with E-state index in [9.17, 15) is 4.79 Å². The monoisotopic (exact) mass is 307 g/mol. The van der Waals surface area contributed by atoms with Crippen LogP contribution in [0.3, 0.4) is 0 Å². The molecule has 0 aliphatic carbocycles. The van der Waals surface area contributed by atoms with E-state index >= 15 is 0 Å². The van der Waals surface area contributed by atoms with Crippen molar-refractivity contribution in [2.75, 3.05) is 10.2 Å². The highest BCUT2D eigenvalue weighted by Gasteiger charge is 2.30. The van der Waals surface area contributed by atoms with Gasteiger partial charge in [0, 0.05) is 24.5 Å². The van der Waals surface area contributed by atoms with Gasteiger partial charge in [0.2, 0.25) is 0 Å². The third kappa shape index (κ3) is 2.23. The summed E-state index contributed by atoms with van der Waals surface area (Å²) < 4.78 is 1.71. The molecule has 1 N–H and O–H groups in total. The zero-order valence-electron chi connectivity index (χ0n) is 13.0. The van der Waals surface area contributed by atoms with Crippen molar-refractivity contribution in [3.8, 4) is 0 Å². The number of benzene rings is 2. The van der Waals surface area contributed by atoms with Crippen LogP contribution in [0.1, 0.15) is 12.5 Å². The second-order valence-corrected chi connectivity index (χ2v) is 5.90. The van der Waals surface area contributed by atoms with Gasteiger partial charge in [-0.15, -0.1) is 5.10 Å². The Morgan fingerprint density at radius 1 is 1.26 bits per heavy atom. The van der Waals surface area contributed by atoms with E-state index in [1.54, 1.807) is 4.68 Å². The van der Waals surface area contributed by atoms with E-state index in [-0.39, 0.29) is 12.1 Å². The number of urea groups is 1. The highest BCUT2D eigenvalue weighted by molar-refractivity contribution is 6.04. The number of aryl methyl sites for hydroxylation is 1. The fourth-order valence-electron chi connectivity index (χ4n) is 3.18. The van der Waals surface area contributed by atoms with Crippen molar-refractivity contribution in [1.82, 2.24) is 15.0 Å². The molecule has 4 rings (SSSR count). The first-order valence-corrected chi connectivity index (χ1v) is 7.61. The van der Waals surface area contributed by atoms with Crippen molar-refractivity contribution in [1.29, 1.82) is 0 Å². The van der Waals surface area contributed by atoms with Crippen molar-refractivity contribution in [3.63, 3.8) is 0 Å². The van der Waals surface area contributed by atoms with Gasteiger partial charge < -0.3 is 5.32 Å². The van der Waals surface area contributed by atoms with Gasteiger partial charge in [-0.1, -0.05) is 23.4 Å². The molecule has 0 spiro atoms. The summed E-state index contributed by atoms with van der Waals surface area (Å²) in [5.41, 5.74) is 4.61. The van der Waals surface area contributed by atoms with Crippen LogP contribution in [0.4, 0.5) is 16.2 Å². The topological polar surface area (TPSA) is 63.1 Å². The molecule has 1 aromatic heterocycles. The first kappa shape index (κ1) is 13.8. The molecule has 116 valence electrons. The van der Waals surface area contributed by atoms with E-state index in [2.05, 4.69) is 28.6 Å². The van der Waals surface area contributed by atoms with Crippen LogP contribution in [0.5, 0.6) is 0 Å². The number of aromatic nitrogens is 3. The number of hydrogen-bond donors (Lipinski definition) is 1. The number of nitrogens with one attached hydrogen (secondary N) is 1. The largest absolute Gasteiger partial charge is 0.326 e. The Balaban J connectivity index is 1.62. The summed E-state index contributed by atoms with van der Waals surface area (Å²) in [6.07, 6.45) is 0.882. The summed E-state index contributed by atoms with van der Waals surface area (Å²) in [7, 11) is 1.84. The number of fused-ring (bicyclic) bond motifs is 2. The van der Waals surface area contributed by atoms with Crippen LogP contribution < -0.4 is 10.2 Å². The van der Waals surface area contributed by atoms with Crippen molar-refractivity contribution >= 4 is 28.4 Å². The Bertz CT molecular complexity index is 901. The smallest absolute Gasteiger partial charge is 0.307 e. The van der Waals surface area contributed by atoms with Crippen LogP contribution in [-0.4, -0.2) is 27.1 Å². The first-order valence-electron chi connectivity index (χ1n) is 7.61. The number of hydrogen-bond acceptors (Lipinski definition) is 3. The normalized spacial score (nSPS) is 16.6. The van der Waals surface area contributed by atoms with E-state index < -0.39 is 0 Å². The van der Waals surface area contributed by atoms with Gasteiger partial charge in [0.25, 0.3) is 0 Å². The standard InChI is InChI=1S/C17H17N5O/c1-11-9-12-5-3-4-6-15(12)22(11)17(23)18-13-7-8-16-14(10-13)19-20-21(16)2/h3-8,10-11H,9H2,1-2H3,(H,18,23). The van der Waals surface area contributed by atoms with Crippen molar-refractivity contribution < 1.29 is 4.79 Å². The molecule has 2 heterocycles. The molecular weight excluding hydrogens is 290 g/mol. The second kappa shape index (κ2) is 5.08. The number of carbonyl (C=O) groups excluding carboxylic acids is 1. The van der Waals surface area contributed by atoms with Gasteiger partial charge >= 0.3 is 6.03 Å². The fraction of sp³-hybridized carbons (Fsp3) is 0.235. The molecule has 1 aliphatic rings. The quantitative estimate of drug-likeness (QED) is 0.752. The molecule has 0 fully saturated rings. The molecule has 23 heavy (non-hydrogen) atoms. The Kier molecular flexibility index (Phi) is 3.04. The maximum atomic E-state index is 12.7. The molecule has 6 heteroatoms. The molecule has 1 aliphatic heterocycles. The van der Waals surface area contributed by atoms with E-state index in [0.717, 1.165) is 28.8 Å². The van der Waals surface area contributed by atoms with Crippen LogP contribution >= 0.6 is 0 Å². The van der Waals surface area contributed by atoms with Gasteiger partial charge in [0.05, 0.1) is 5.52 Å². The summed E-state index contributed by atoms with van der Waals surface area (Å²) in [5.74, 6) is 0. The Morgan fingerprint density at radius 3 is 2.96 bits per heavy atom. The number of amides is 2. The van der Waals surface area contributed by atoms with Gasteiger partial charge in [-0.3, -0.25) is 4.90 Å². The number of rotatable bonds is 1. The predicted molar refractivity (Wildman–Crippen MR) is 89.6 cm³/mol. The second-order valence-electron chi connectivity index (χ2n) is 5.90. The average molecular weight is 307 g/mol. The molecular formula is C17H17N5O. The summed E-state index contributed by atoms with van der Waals surface area (Å²) >= 11 is 0. The Labute approximate surface area is 133 Å². The summed E-state index contributed by atoms with van der Waals surface area (Å²) in [6, 6.07) is 13.7. The molecule has 6 nitrogen and oxygen atoms in total. The minimum Gasteiger partial charge on any atom is -0.307 e. The Morgan fingerprint density at radius 2 is 2.09 bits per heavy atom. The number of para-hydroxylation sites is 1. The molecule has 2 aromatic carbocycles. The van der Waals surface area contributed by atoms with E-state index in [1.807, 2.05) is 48.3 Å². The lowest BCUT2D eigenvalue weighted by atomic mass is 10.1. The zero-order chi connectivity index (χ0) is 16.0. The molecule has 1 atom stereocenters. The van der Waals surface area contributed by atoms with Crippen molar-refractivity contribution in [2.45, 2.75) is 19.4 Å². The van der Waals surface area contributed by atoms with Gasteiger partial charge in [-0.2, -0.15) is 0 Å². The lowest BCUT2D eigenvalue weighted by Crippen LogP contribution is -2.39. The maximum Gasteiger partial charge on any atom is 0.326 e. The zero-order valence-corrected chi connectivity index (χ0v) is 13.0. The molecule has 0 saturated carbocycles.